The summed E-state index contributed by atoms with van der Waals surface area (Å²) < 4.78 is 5.05. The van der Waals surface area contributed by atoms with Crippen LogP contribution in [0.2, 0.25) is 0 Å². The van der Waals surface area contributed by atoms with Gasteiger partial charge in [-0.2, -0.15) is 0 Å². The van der Waals surface area contributed by atoms with Crippen molar-refractivity contribution in [3.8, 4) is 0 Å². The Labute approximate surface area is 162 Å². The van der Waals surface area contributed by atoms with Crippen molar-refractivity contribution in [1.29, 1.82) is 0 Å². The number of carbonyl (C=O) groups is 5. The summed E-state index contributed by atoms with van der Waals surface area (Å²) in [5.41, 5.74) is -0.0350. The maximum absolute atomic E-state index is 12.1. The number of urea groups is 1. The fraction of sp³-hybridized carbons (Fsp3) is 0.421. The normalized spacial score (nSPS) is 16.4. The van der Waals surface area contributed by atoms with Crippen LogP contribution in [-0.2, 0) is 19.1 Å². The number of hydrogen-bond donors (Lipinski definition) is 2. The van der Waals surface area contributed by atoms with Gasteiger partial charge in [0, 0.05) is 17.8 Å². The second kappa shape index (κ2) is 8.20. The van der Waals surface area contributed by atoms with Crippen molar-refractivity contribution < 1.29 is 28.7 Å². The van der Waals surface area contributed by atoms with Gasteiger partial charge in [-0.05, 0) is 52.0 Å². The van der Waals surface area contributed by atoms with Gasteiger partial charge in [-0.1, -0.05) is 0 Å². The number of anilines is 1. The zero-order chi connectivity index (χ0) is 21.1. The Morgan fingerprint density at radius 1 is 1.18 bits per heavy atom. The summed E-state index contributed by atoms with van der Waals surface area (Å²) in [5.74, 6) is -1.77. The molecule has 1 atom stereocenters. The van der Waals surface area contributed by atoms with Gasteiger partial charge in [-0.3, -0.25) is 24.1 Å². The van der Waals surface area contributed by atoms with E-state index in [1.165, 1.54) is 13.8 Å². The van der Waals surface area contributed by atoms with E-state index < -0.39 is 35.5 Å². The van der Waals surface area contributed by atoms with Crippen molar-refractivity contribution in [2.24, 2.45) is 0 Å². The third kappa shape index (κ3) is 4.93. The number of hydrogen-bond acceptors (Lipinski definition) is 6. The summed E-state index contributed by atoms with van der Waals surface area (Å²) in [6.45, 7) is 5.86. The highest BCUT2D eigenvalue weighted by molar-refractivity contribution is 6.06. The van der Waals surface area contributed by atoms with Crippen molar-refractivity contribution in [3.05, 3.63) is 29.8 Å². The molecule has 0 spiro atoms. The number of amides is 4. The van der Waals surface area contributed by atoms with Gasteiger partial charge in [0.25, 0.3) is 11.8 Å². The maximum atomic E-state index is 12.1. The highest BCUT2D eigenvalue weighted by Crippen LogP contribution is 2.17. The lowest BCUT2D eigenvalue weighted by molar-refractivity contribution is -0.153. The number of ether oxygens (including phenoxy) is 1. The van der Waals surface area contributed by atoms with Crippen molar-refractivity contribution in [2.45, 2.75) is 45.8 Å². The largest absolute Gasteiger partial charge is 0.452 e. The highest BCUT2D eigenvalue weighted by Gasteiger charge is 2.44. The van der Waals surface area contributed by atoms with E-state index in [4.69, 9.17) is 4.74 Å². The van der Waals surface area contributed by atoms with Gasteiger partial charge < -0.3 is 15.4 Å². The van der Waals surface area contributed by atoms with Crippen molar-refractivity contribution >= 4 is 35.3 Å². The Morgan fingerprint density at radius 2 is 1.79 bits per heavy atom. The molecule has 1 heterocycles. The van der Waals surface area contributed by atoms with Crippen LogP contribution in [-0.4, -0.2) is 52.7 Å². The number of rotatable bonds is 7. The second-order valence-corrected chi connectivity index (χ2v) is 7.02. The monoisotopic (exact) mass is 389 g/mol. The molecular weight excluding hydrogens is 366 g/mol. The second-order valence-electron chi connectivity index (χ2n) is 7.02. The minimum atomic E-state index is -1.07. The molecule has 150 valence electrons. The lowest BCUT2D eigenvalue weighted by atomic mass is 10.1. The zero-order valence-electron chi connectivity index (χ0n) is 16.2. The van der Waals surface area contributed by atoms with Gasteiger partial charge in [-0.25, -0.2) is 4.79 Å². The minimum absolute atomic E-state index is 0.0891. The molecule has 0 bridgehead atoms. The number of nitrogens with one attached hydrogen (secondary N) is 2. The molecule has 28 heavy (non-hydrogen) atoms. The first-order chi connectivity index (χ1) is 13.0. The molecule has 9 heteroatoms. The number of esters is 1. The van der Waals surface area contributed by atoms with Crippen LogP contribution < -0.4 is 10.6 Å². The summed E-state index contributed by atoms with van der Waals surface area (Å²) in [5, 5.41) is 5.09. The van der Waals surface area contributed by atoms with E-state index in [9.17, 15) is 24.0 Å². The van der Waals surface area contributed by atoms with E-state index in [1.807, 2.05) is 0 Å². The molecule has 1 aliphatic rings. The predicted octanol–water partition coefficient (Wildman–Crippen LogP) is 1.48. The van der Waals surface area contributed by atoms with E-state index >= 15 is 0 Å². The summed E-state index contributed by atoms with van der Waals surface area (Å²) in [6.07, 6.45) is -1.29. The van der Waals surface area contributed by atoms with E-state index in [2.05, 4.69) is 10.6 Å². The molecule has 1 aromatic rings. The van der Waals surface area contributed by atoms with Crippen LogP contribution in [0, 0.1) is 0 Å². The Bertz CT molecular complexity index is 815. The average molecular weight is 389 g/mol. The van der Waals surface area contributed by atoms with Crippen molar-refractivity contribution in [1.82, 2.24) is 10.2 Å². The molecule has 0 aliphatic carbocycles. The average Bonchev–Trinajstić information content (AvgIpc) is 2.80. The molecule has 1 saturated heterocycles. The van der Waals surface area contributed by atoms with E-state index in [0.717, 1.165) is 4.90 Å². The minimum Gasteiger partial charge on any atom is -0.452 e. The van der Waals surface area contributed by atoms with Gasteiger partial charge >= 0.3 is 12.0 Å². The van der Waals surface area contributed by atoms with Gasteiger partial charge in [0.05, 0.1) is 6.42 Å². The fourth-order valence-electron chi connectivity index (χ4n) is 2.57. The molecule has 4 amide bonds. The number of imide groups is 1. The van der Waals surface area contributed by atoms with Crippen molar-refractivity contribution in [2.75, 3.05) is 11.9 Å². The summed E-state index contributed by atoms with van der Waals surface area (Å²) in [7, 11) is 0. The van der Waals surface area contributed by atoms with Crippen LogP contribution >= 0.6 is 0 Å². The molecule has 0 radical (unpaired) electrons. The fourth-order valence-corrected chi connectivity index (χ4v) is 2.57. The van der Waals surface area contributed by atoms with E-state index in [1.54, 1.807) is 38.1 Å². The van der Waals surface area contributed by atoms with Crippen LogP contribution in [0.3, 0.4) is 0 Å². The Morgan fingerprint density at radius 3 is 2.29 bits per heavy atom. The number of benzene rings is 1. The molecule has 1 fully saturated rings. The Hall–Kier alpha value is -3.23. The standard InChI is InChI=1S/C19H23N3O6/c1-11(23)13-5-7-14(8-6-13)20-16(25)12(2)28-15(24)9-10-22-17(26)19(3,4)21-18(22)27/h5-8,12H,9-10H2,1-4H3,(H,20,25)(H,21,27). The summed E-state index contributed by atoms with van der Waals surface area (Å²) in [4.78, 5) is 60.1. The number of nitrogens with zero attached hydrogens (tertiary/aromatic N) is 1. The van der Waals surface area contributed by atoms with E-state index in [-0.39, 0.29) is 18.7 Å². The maximum Gasteiger partial charge on any atom is 0.325 e. The van der Waals surface area contributed by atoms with E-state index in [0.29, 0.717) is 11.3 Å². The van der Waals surface area contributed by atoms with Gasteiger partial charge in [0.1, 0.15) is 5.54 Å². The Balaban J connectivity index is 1.83. The molecular formula is C19H23N3O6. The van der Waals surface area contributed by atoms with Gasteiger partial charge in [-0.15, -0.1) is 0 Å². The third-order valence-corrected chi connectivity index (χ3v) is 4.22. The first-order valence-corrected chi connectivity index (χ1v) is 8.76. The van der Waals surface area contributed by atoms with Crippen LogP contribution in [0.4, 0.5) is 10.5 Å². The molecule has 2 N–H and O–H groups in total. The van der Waals surface area contributed by atoms with Crippen LogP contribution in [0.15, 0.2) is 24.3 Å². The SMILES string of the molecule is CC(=O)c1ccc(NC(=O)C(C)OC(=O)CCN2C(=O)NC(C)(C)C2=O)cc1. The Kier molecular flexibility index (Phi) is 6.17. The number of ketones is 1. The van der Waals surface area contributed by atoms with Crippen LogP contribution in [0.1, 0.15) is 44.5 Å². The topological polar surface area (TPSA) is 122 Å². The molecule has 1 aromatic carbocycles. The predicted molar refractivity (Wildman–Crippen MR) is 99.6 cm³/mol. The lowest BCUT2D eigenvalue weighted by Crippen LogP contribution is -2.40. The number of Topliss-reactive ketones (excluding diaryl/α,β-unsaturated/α-hetero) is 1. The number of carbonyl (C=O) groups excluding carboxylic acids is 5. The van der Waals surface area contributed by atoms with Crippen LogP contribution in [0.25, 0.3) is 0 Å². The highest BCUT2D eigenvalue weighted by atomic mass is 16.5. The molecule has 1 unspecified atom stereocenters. The van der Waals surface area contributed by atoms with Gasteiger partial charge in [0.15, 0.2) is 11.9 Å². The molecule has 1 aliphatic heterocycles. The first-order valence-electron chi connectivity index (χ1n) is 8.76. The first kappa shape index (κ1) is 21.1. The van der Waals surface area contributed by atoms with Crippen LogP contribution in [0.5, 0.6) is 0 Å². The molecule has 2 rings (SSSR count). The molecule has 0 saturated carbocycles. The molecule has 9 nitrogen and oxygen atoms in total. The third-order valence-electron chi connectivity index (χ3n) is 4.22. The summed E-state index contributed by atoms with van der Waals surface area (Å²) in [6, 6.07) is 5.73. The quantitative estimate of drug-likeness (QED) is 0.414. The summed E-state index contributed by atoms with van der Waals surface area (Å²) >= 11 is 0. The van der Waals surface area contributed by atoms with Gasteiger partial charge in [0.2, 0.25) is 0 Å². The smallest absolute Gasteiger partial charge is 0.325 e. The zero-order valence-corrected chi connectivity index (χ0v) is 16.2. The molecule has 0 aromatic heterocycles. The lowest BCUT2D eigenvalue weighted by Gasteiger charge is -2.17. The van der Waals surface area contributed by atoms with Crippen molar-refractivity contribution in [3.63, 3.8) is 0 Å².